The fourth-order valence-corrected chi connectivity index (χ4v) is 1.92. The summed E-state index contributed by atoms with van der Waals surface area (Å²) in [4.78, 5) is 24.8. The molecule has 0 spiro atoms. The number of carbonyl (C=O) groups excluding carboxylic acids is 2. The molecule has 110 valence electrons. The molecule has 0 heterocycles. The highest BCUT2D eigenvalue weighted by molar-refractivity contribution is 5.78. The second-order valence-electron chi connectivity index (χ2n) is 4.72. The van der Waals surface area contributed by atoms with Gasteiger partial charge in [-0.2, -0.15) is 0 Å². The second-order valence-corrected chi connectivity index (χ2v) is 4.72. The van der Waals surface area contributed by atoms with Crippen molar-refractivity contribution in [1.82, 2.24) is 10.2 Å². The zero-order valence-electron chi connectivity index (χ0n) is 12.0. The van der Waals surface area contributed by atoms with Gasteiger partial charge in [0.1, 0.15) is 0 Å². The number of amides is 2. The first kappa shape index (κ1) is 16.2. The number of hydrogen-bond donors (Lipinski definition) is 2. The molecule has 1 aromatic rings. The fourth-order valence-electron chi connectivity index (χ4n) is 1.92. The monoisotopic (exact) mass is 277 g/mol. The number of nitrogens with zero attached hydrogens (tertiary/aromatic N) is 1. The highest BCUT2D eigenvalue weighted by Crippen LogP contribution is 2.08. The molecule has 5 heteroatoms. The van der Waals surface area contributed by atoms with Crippen molar-refractivity contribution in [3.8, 4) is 0 Å². The zero-order chi connectivity index (χ0) is 14.8. The summed E-state index contributed by atoms with van der Waals surface area (Å²) < 4.78 is 0. The molecule has 20 heavy (non-hydrogen) atoms. The number of carbonyl (C=O) groups is 2. The standard InChI is InChI=1S/C15H23N3O2/c1-17-10-5-8-15(20)18(11-9-14(16)19)12-13-6-3-2-4-7-13/h2-4,6-7,17H,5,8-12H2,1H3,(H2,16,19). The smallest absolute Gasteiger partial charge is 0.222 e. The van der Waals surface area contributed by atoms with Gasteiger partial charge in [-0.1, -0.05) is 30.3 Å². The number of nitrogens with two attached hydrogens (primary N) is 1. The topological polar surface area (TPSA) is 75.4 Å². The van der Waals surface area contributed by atoms with Crippen LogP contribution in [0.3, 0.4) is 0 Å². The Hall–Kier alpha value is -1.88. The van der Waals surface area contributed by atoms with Crippen LogP contribution >= 0.6 is 0 Å². The molecule has 3 N–H and O–H groups in total. The van der Waals surface area contributed by atoms with Crippen molar-refractivity contribution >= 4 is 11.8 Å². The maximum atomic E-state index is 12.2. The van der Waals surface area contributed by atoms with Crippen LogP contribution in [-0.4, -0.2) is 36.9 Å². The predicted octanol–water partition coefficient (Wildman–Crippen LogP) is 0.890. The summed E-state index contributed by atoms with van der Waals surface area (Å²) in [6, 6.07) is 9.75. The minimum absolute atomic E-state index is 0.0605. The van der Waals surface area contributed by atoms with Crippen molar-refractivity contribution in [2.45, 2.75) is 25.8 Å². The average Bonchev–Trinajstić information content (AvgIpc) is 2.44. The normalized spacial score (nSPS) is 10.2. The molecule has 2 amide bonds. The molecule has 0 fully saturated rings. The fraction of sp³-hybridized carbons (Fsp3) is 0.467. The number of benzene rings is 1. The van der Waals surface area contributed by atoms with Gasteiger partial charge in [-0.15, -0.1) is 0 Å². The summed E-state index contributed by atoms with van der Waals surface area (Å²) in [6.45, 7) is 1.70. The zero-order valence-corrected chi connectivity index (χ0v) is 12.0. The van der Waals surface area contributed by atoms with Crippen molar-refractivity contribution in [2.75, 3.05) is 20.1 Å². The predicted molar refractivity (Wildman–Crippen MR) is 78.8 cm³/mol. The van der Waals surface area contributed by atoms with E-state index in [2.05, 4.69) is 5.32 Å². The minimum Gasteiger partial charge on any atom is -0.370 e. The average molecular weight is 277 g/mol. The molecular formula is C15H23N3O2. The van der Waals surface area contributed by atoms with E-state index in [1.165, 1.54) is 0 Å². The summed E-state index contributed by atoms with van der Waals surface area (Å²) in [6.07, 6.45) is 1.47. The van der Waals surface area contributed by atoms with Crippen LogP contribution in [0, 0.1) is 0 Å². The molecule has 0 radical (unpaired) electrons. The summed E-state index contributed by atoms with van der Waals surface area (Å²) in [7, 11) is 1.86. The van der Waals surface area contributed by atoms with Crippen LogP contribution in [0.5, 0.6) is 0 Å². The van der Waals surface area contributed by atoms with Crippen LogP contribution in [0.2, 0.25) is 0 Å². The lowest BCUT2D eigenvalue weighted by atomic mass is 10.2. The number of rotatable bonds is 9. The van der Waals surface area contributed by atoms with Crippen LogP contribution in [0.25, 0.3) is 0 Å². The Bertz CT molecular complexity index is 420. The summed E-state index contributed by atoms with van der Waals surface area (Å²) in [5, 5.41) is 3.02. The van der Waals surface area contributed by atoms with Crippen molar-refractivity contribution in [2.24, 2.45) is 5.73 Å². The van der Waals surface area contributed by atoms with Crippen molar-refractivity contribution in [3.05, 3.63) is 35.9 Å². The van der Waals surface area contributed by atoms with Crippen molar-refractivity contribution in [1.29, 1.82) is 0 Å². The molecular weight excluding hydrogens is 254 g/mol. The number of nitrogens with one attached hydrogen (secondary N) is 1. The van der Waals surface area contributed by atoms with E-state index in [1.54, 1.807) is 4.90 Å². The summed E-state index contributed by atoms with van der Waals surface area (Å²) >= 11 is 0. The molecule has 0 aliphatic rings. The molecule has 1 rings (SSSR count). The lowest BCUT2D eigenvalue weighted by Gasteiger charge is -2.22. The van der Waals surface area contributed by atoms with E-state index in [-0.39, 0.29) is 18.2 Å². The minimum atomic E-state index is -0.383. The summed E-state index contributed by atoms with van der Waals surface area (Å²) in [5.41, 5.74) is 6.22. The van der Waals surface area contributed by atoms with Gasteiger partial charge in [0.15, 0.2) is 0 Å². The molecule has 0 saturated heterocycles. The number of primary amides is 1. The third-order valence-electron chi connectivity index (χ3n) is 3.01. The molecule has 0 atom stereocenters. The van der Waals surface area contributed by atoms with Crippen LogP contribution < -0.4 is 11.1 Å². The molecule has 0 aromatic heterocycles. The third kappa shape index (κ3) is 6.33. The first-order valence-corrected chi connectivity index (χ1v) is 6.88. The van der Waals surface area contributed by atoms with Gasteiger partial charge in [0.05, 0.1) is 0 Å². The molecule has 1 aromatic carbocycles. The van der Waals surface area contributed by atoms with E-state index in [0.717, 1.165) is 18.5 Å². The Morgan fingerprint density at radius 3 is 2.50 bits per heavy atom. The Labute approximate surface area is 120 Å². The van der Waals surface area contributed by atoms with Gasteiger partial charge in [-0.05, 0) is 25.6 Å². The Morgan fingerprint density at radius 1 is 1.20 bits per heavy atom. The van der Waals surface area contributed by atoms with E-state index in [1.807, 2.05) is 37.4 Å². The van der Waals surface area contributed by atoms with Crippen LogP contribution in [0.4, 0.5) is 0 Å². The van der Waals surface area contributed by atoms with Gasteiger partial charge in [0.25, 0.3) is 0 Å². The highest BCUT2D eigenvalue weighted by Gasteiger charge is 2.14. The quantitative estimate of drug-likeness (QED) is 0.658. The number of hydrogen-bond acceptors (Lipinski definition) is 3. The molecule has 0 saturated carbocycles. The summed E-state index contributed by atoms with van der Waals surface area (Å²) in [5.74, 6) is -0.323. The molecule has 0 bridgehead atoms. The van der Waals surface area contributed by atoms with E-state index in [4.69, 9.17) is 5.73 Å². The molecule has 0 aliphatic heterocycles. The third-order valence-corrected chi connectivity index (χ3v) is 3.01. The Morgan fingerprint density at radius 2 is 1.90 bits per heavy atom. The van der Waals surface area contributed by atoms with Gasteiger partial charge in [0.2, 0.25) is 11.8 Å². The van der Waals surface area contributed by atoms with Gasteiger partial charge in [0, 0.05) is 25.9 Å². The van der Waals surface area contributed by atoms with Crippen LogP contribution in [-0.2, 0) is 16.1 Å². The van der Waals surface area contributed by atoms with Gasteiger partial charge >= 0.3 is 0 Å². The molecule has 5 nitrogen and oxygen atoms in total. The largest absolute Gasteiger partial charge is 0.370 e. The van der Waals surface area contributed by atoms with E-state index in [0.29, 0.717) is 19.5 Å². The van der Waals surface area contributed by atoms with Gasteiger partial charge < -0.3 is 16.0 Å². The van der Waals surface area contributed by atoms with Crippen LogP contribution in [0.1, 0.15) is 24.8 Å². The van der Waals surface area contributed by atoms with Crippen molar-refractivity contribution < 1.29 is 9.59 Å². The van der Waals surface area contributed by atoms with Crippen molar-refractivity contribution in [3.63, 3.8) is 0 Å². The lowest BCUT2D eigenvalue weighted by molar-refractivity contribution is -0.132. The Balaban J connectivity index is 2.59. The van der Waals surface area contributed by atoms with E-state index >= 15 is 0 Å². The van der Waals surface area contributed by atoms with E-state index in [9.17, 15) is 9.59 Å². The van der Waals surface area contributed by atoms with E-state index < -0.39 is 0 Å². The maximum Gasteiger partial charge on any atom is 0.222 e. The Kier molecular flexibility index (Phi) is 7.35. The first-order valence-electron chi connectivity index (χ1n) is 6.88. The maximum absolute atomic E-state index is 12.2. The second kappa shape index (κ2) is 9.09. The van der Waals surface area contributed by atoms with Gasteiger partial charge in [-0.25, -0.2) is 0 Å². The molecule has 0 aliphatic carbocycles. The lowest BCUT2D eigenvalue weighted by Crippen LogP contribution is -2.33. The highest BCUT2D eigenvalue weighted by atomic mass is 16.2. The molecule has 0 unspecified atom stereocenters. The first-order chi connectivity index (χ1) is 9.63. The van der Waals surface area contributed by atoms with Gasteiger partial charge in [-0.3, -0.25) is 9.59 Å². The SMILES string of the molecule is CNCCCC(=O)N(CCC(N)=O)Cc1ccccc1. The van der Waals surface area contributed by atoms with Crippen LogP contribution in [0.15, 0.2) is 30.3 Å².